The lowest BCUT2D eigenvalue weighted by Gasteiger charge is -2.13. The molecule has 1 fully saturated rings. The van der Waals surface area contributed by atoms with Crippen LogP contribution in [0.2, 0.25) is 0 Å². The topological polar surface area (TPSA) is 95.6 Å². The molecule has 102 valence electrons. The minimum absolute atomic E-state index is 0.153. The molecule has 0 saturated carbocycles. The van der Waals surface area contributed by atoms with Gasteiger partial charge in [-0.05, 0) is 25.8 Å². The number of aromatic nitrogens is 1. The summed E-state index contributed by atoms with van der Waals surface area (Å²) in [4.78, 5) is 25.7. The van der Waals surface area contributed by atoms with Gasteiger partial charge in [0.05, 0.1) is 12.3 Å². The Labute approximate surface area is 110 Å². The molecule has 7 nitrogen and oxygen atoms in total. The Balaban J connectivity index is 1.98. The van der Waals surface area contributed by atoms with Crippen molar-refractivity contribution in [1.82, 2.24) is 10.3 Å². The van der Waals surface area contributed by atoms with Crippen LogP contribution in [0, 0.1) is 0 Å². The van der Waals surface area contributed by atoms with Crippen LogP contribution in [-0.2, 0) is 9.53 Å². The molecule has 7 heteroatoms. The molecule has 1 amide bonds. The van der Waals surface area contributed by atoms with Crippen LogP contribution in [0.5, 0.6) is 0 Å². The molecule has 0 aromatic carbocycles. The van der Waals surface area contributed by atoms with E-state index in [0.29, 0.717) is 36.7 Å². The number of esters is 1. The second kappa shape index (κ2) is 6.03. The van der Waals surface area contributed by atoms with Crippen LogP contribution in [0.4, 0.5) is 5.69 Å². The molecule has 1 aromatic heterocycles. The number of nitrogens with zero attached hydrogens (tertiary/aromatic N) is 1. The summed E-state index contributed by atoms with van der Waals surface area (Å²) in [6.45, 7) is 2.76. The number of hydrazone groups is 1. The van der Waals surface area contributed by atoms with Crippen LogP contribution in [0.3, 0.4) is 0 Å². The maximum atomic E-state index is 11.5. The van der Waals surface area contributed by atoms with Crippen LogP contribution >= 0.6 is 0 Å². The number of nitrogens with one attached hydrogen (secondary N) is 3. The third-order valence-electron chi connectivity index (χ3n) is 2.64. The summed E-state index contributed by atoms with van der Waals surface area (Å²) >= 11 is 0. The summed E-state index contributed by atoms with van der Waals surface area (Å²) in [6.07, 6.45) is 3.12. The van der Waals surface area contributed by atoms with Gasteiger partial charge in [0.2, 0.25) is 0 Å². The van der Waals surface area contributed by atoms with Gasteiger partial charge in [-0.1, -0.05) is 0 Å². The maximum absolute atomic E-state index is 11.5. The number of carbonyl (C=O) groups is 2. The molecule has 2 rings (SSSR count). The Morgan fingerprint density at radius 3 is 3.16 bits per heavy atom. The first kappa shape index (κ1) is 13.1. The molecule has 3 N–H and O–H groups in total. The average Bonchev–Trinajstić information content (AvgIpc) is 2.87. The fourth-order valence-corrected chi connectivity index (χ4v) is 1.70. The second-order valence-electron chi connectivity index (χ2n) is 4.05. The van der Waals surface area contributed by atoms with E-state index >= 15 is 0 Å². The van der Waals surface area contributed by atoms with Gasteiger partial charge in [-0.3, -0.25) is 10.2 Å². The van der Waals surface area contributed by atoms with E-state index in [9.17, 15) is 9.59 Å². The number of hydrogen-bond donors (Lipinski definition) is 3. The molecule has 19 heavy (non-hydrogen) atoms. The lowest BCUT2D eigenvalue weighted by molar-refractivity contribution is -0.115. The molecule has 0 bridgehead atoms. The van der Waals surface area contributed by atoms with Crippen molar-refractivity contribution < 1.29 is 14.3 Å². The van der Waals surface area contributed by atoms with Gasteiger partial charge in [-0.25, -0.2) is 4.79 Å². The van der Waals surface area contributed by atoms with Crippen molar-refractivity contribution in [2.24, 2.45) is 5.10 Å². The zero-order valence-corrected chi connectivity index (χ0v) is 10.7. The Kier molecular flexibility index (Phi) is 4.17. The summed E-state index contributed by atoms with van der Waals surface area (Å²) in [5.41, 5.74) is 4.16. The van der Waals surface area contributed by atoms with Crippen LogP contribution in [0.25, 0.3) is 0 Å². The summed E-state index contributed by atoms with van der Waals surface area (Å²) in [5, 5.41) is 6.75. The van der Waals surface area contributed by atoms with Crippen LogP contribution in [-0.4, -0.2) is 35.7 Å². The highest BCUT2D eigenvalue weighted by atomic mass is 16.5. The summed E-state index contributed by atoms with van der Waals surface area (Å²) < 4.78 is 4.85. The zero-order chi connectivity index (χ0) is 13.7. The first-order valence-corrected chi connectivity index (χ1v) is 6.17. The first-order valence-electron chi connectivity index (χ1n) is 6.17. The van der Waals surface area contributed by atoms with Crippen molar-refractivity contribution in [3.05, 3.63) is 18.0 Å². The molecule has 1 saturated heterocycles. The van der Waals surface area contributed by atoms with Crippen molar-refractivity contribution >= 4 is 23.3 Å². The quantitative estimate of drug-likeness (QED) is 0.555. The molecule has 2 heterocycles. The summed E-state index contributed by atoms with van der Waals surface area (Å²) in [6, 6.07) is 1.59. The van der Waals surface area contributed by atoms with E-state index in [1.54, 1.807) is 19.2 Å². The van der Waals surface area contributed by atoms with Crippen molar-refractivity contribution in [1.29, 1.82) is 0 Å². The number of anilines is 1. The Bertz CT molecular complexity index is 507. The Morgan fingerprint density at radius 1 is 1.58 bits per heavy atom. The highest BCUT2D eigenvalue weighted by Gasteiger charge is 2.16. The SMILES string of the molecule is CCOC(=O)c1cc(N/N=C2\CCCNC2=O)c[nH]1. The van der Waals surface area contributed by atoms with Crippen molar-refractivity contribution in [2.45, 2.75) is 19.8 Å². The average molecular weight is 264 g/mol. The second-order valence-corrected chi connectivity index (χ2v) is 4.05. The lowest BCUT2D eigenvalue weighted by atomic mass is 10.1. The molecular weight excluding hydrogens is 248 g/mol. The van der Waals surface area contributed by atoms with Gasteiger partial charge in [0.25, 0.3) is 5.91 Å². The van der Waals surface area contributed by atoms with E-state index in [4.69, 9.17) is 4.74 Å². The third-order valence-corrected chi connectivity index (χ3v) is 2.64. The van der Waals surface area contributed by atoms with Crippen LogP contribution < -0.4 is 10.7 Å². The van der Waals surface area contributed by atoms with Crippen molar-refractivity contribution in [2.75, 3.05) is 18.6 Å². The van der Waals surface area contributed by atoms with Crippen molar-refractivity contribution in [3.63, 3.8) is 0 Å². The molecular formula is C12H16N4O3. The van der Waals surface area contributed by atoms with Gasteiger partial charge in [-0.2, -0.15) is 5.10 Å². The number of aromatic amines is 1. The number of amides is 1. The molecule has 0 aliphatic carbocycles. The number of hydrogen-bond acceptors (Lipinski definition) is 5. The minimum atomic E-state index is -0.418. The largest absolute Gasteiger partial charge is 0.461 e. The van der Waals surface area contributed by atoms with Gasteiger partial charge >= 0.3 is 5.97 Å². The Morgan fingerprint density at radius 2 is 2.42 bits per heavy atom. The molecule has 1 aromatic rings. The number of carbonyl (C=O) groups excluding carboxylic acids is 2. The smallest absolute Gasteiger partial charge is 0.354 e. The van der Waals surface area contributed by atoms with E-state index in [-0.39, 0.29) is 5.91 Å². The predicted octanol–water partition coefficient (Wildman–Crippen LogP) is 0.869. The van der Waals surface area contributed by atoms with E-state index in [2.05, 4.69) is 20.8 Å². The van der Waals surface area contributed by atoms with Gasteiger partial charge < -0.3 is 15.0 Å². The van der Waals surface area contributed by atoms with Crippen LogP contribution in [0.15, 0.2) is 17.4 Å². The fourth-order valence-electron chi connectivity index (χ4n) is 1.70. The summed E-state index contributed by atoms with van der Waals surface area (Å²) in [5.74, 6) is -0.571. The molecule has 1 aliphatic rings. The first-order chi connectivity index (χ1) is 9.20. The predicted molar refractivity (Wildman–Crippen MR) is 70.1 cm³/mol. The van der Waals surface area contributed by atoms with Crippen molar-refractivity contribution in [3.8, 4) is 0 Å². The lowest BCUT2D eigenvalue weighted by Crippen LogP contribution is -2.37. The van der Waals surface area contributed by atoms with E-state index in [1.807, 2.05) is 0 Å². The van der Waals surface area contributed by atoms with E-state index in [1.165, 1.54) is 0 Å². The number of ether oxygens (including phenoxy) is 1. The molecule has 0 radical (unpaired) electrons. The summed E-state index contributed by atoms with van der Waals surface area (Å²) in [7, 11) is 0. The number of rotatable bonds is 4. The molecule has 1 aliphatic heterocycles. The van der Waals surface area contributed by atoms with Gasteiger partial charge in [0.1, 0.15) is 11.4 Å². The fraction of sp³-hybridized carbons (Fsp3) is 0.417. The van der Waals surface area contributed by atoms with Gasteiger partial charge in [0, 0.05) is 12.7 Å². The standard InChI is InChI=1S/C12H16N4O3/c1-2-19-12(18)10-6-8(7-14-10)15-16-9-4-3-5-13-11(9)17/h6-7,14-15H,2-5H2,1H3,(H,13,17)/b16-9+. The highest BCUT2D eigenvalue weighted by Crippen LogP contribution is 2.11. The Hall–Kier alpha value is -2.31. The van der Waals surface area contributed by atoms with E-state index < -0.39 is 5.97 Å². The number of piperidine rings is 1. The monoisotopic (exact) mass is 264 g/mol. The van der Waals surface area contributed by atoms with Crippen LogP contribution in [0.1, 0.15) is 30.3 Å². The number of H-pyrrole nitrogens is 1. The zero-order valence-electron chi connectivity index (χ0n) is 10.7. The molecule has 0 spiro atoms. The molecule has 0 unspecified atom stereocenters. The normalized spacial score (nSPS) is 17.1. The third kappa shape index (κ3) is 3.34. The maximum Gasteiger partial charge on any atom is 0.354 e. The highest BCUT2D eigenvalue weighted by molar-refractivity contribution is 6.39. The minimum Gasteiger partial charge on any atom is -0.461 e. The van der Waals surface area contributed by atoms with Gasteiger partial charge in [0.15, 0.2) is 0 Å². The molecule has 0 atom stereocenters. The van der Waals surface area contributed by atoms with Gasteiger partial charge in [-0.15, -0.1) is 0 Å². The van der Waals surface area contributed by atoms with E-state index in [0.717, 1.165) is 6.42 Å².